The van der Waals surface area contributed by atoms with Crippen molar-refractivity contribution in [2.24, 2.45) is 0 Å². The minimum Gasteiger partial charge on any atom is -0.465 e. The van der Waals surface area contributed by atoms with Gasteiger partial charge in [-0.1, -0.05) is 0 Å². The van der Waals surface area contributed by atoms with Gasteiger partial charge in [-0.05, 0) is 31.2 Å². The van der Waals surface area contributed by atoms with Gasteiger partial charge in [0.25, 0.3) is 0 Å². The number of esters is 1. The Hall–Kier alpha value is -2.87. The molecule has 0 aliphatic carbocycles. The number of aromatic nitrogens is 2. The third kappa shape index (κ3) is 4.65. The maximum atomic E-state index is 12.3. The number of methoxy groups -OCH3 is 1. The van der Waals surface area contributed by atoms with Crippen LogP contribution in [0.2, 0.25) is 0 Å². The Bertz CT molecular complexity index is 779. The van der Waals surface area contributed by atoms with E-state index in [4.69, 9.17) is 0 Å². The molecule has 1 aliphatic heterocycles. The van der Waals surface area contributed by atoms with Gasteiger partial charge in [0.05, 0.1) is 19.2 Å². The van der Waals surface area contributed by atoms with Gasteiger partial charge in [-0.15, -0.1) is 0 Å². The van der Waals surface area contributed by atoms with Crippen molar-refractivity contribution < 1.29 is 14.3 Å². The predicted octanol–water partition coefficient (Wildman–Crippen LogP) is 1.45. The van der Waals surface area contributed by atoms with Crippen LogP contribution in [0.1, 0.15) is 17.3 Å². The van der Waals surface area contributed by atoms with Crippen LogP contribution in [-0.2, 0) is 16.1 Å². The zero-order valence-electron chi connectivity index (χ0n) is 15.7. The number of imidazole rings is 1. The number of benzene rings is 1. The molecule has 144 valence electrons. The van der Waals surface area contributed by atoms with Crippen molar-refractivity contribution in [1.82, 2.24) is 14.5 Å². The third-order valence-electron chi connectivity index (χ3n) is 4.65. The fraction of sp³-hybridized carbons (Fsp3) is 0.421. The van der Waals surface area contributed by atoms with Gasteiger partial charge in [0, 0.05) is 50.8 Å². The van der Waals surface area contributed by atoms with Crippen molar-refractivity contribution in [3.05, 3.63) is 42.2 Å². The quantitative estimate of drug-likeness (QED) is 0.775. The van der Waals surface area contributed by atoms with E-state index < -0.39 is 5.97 Å². The van der Waals surface area contributed by atoms with Gasteiger partial charge in [-0.25, -0.2) is 9.78 Å². The van der Waals surface area contributed by atoms with E-state index in [0.717, 1.165) is 38.7 Å². The standard InChI is InChI=1S/C19H25N5O3/c1-3-23-9-8-20-19(23)24-12-10-22(11-13-24)14-17(25)21-16-6-4-15(5-7-16)18(26)27-2/h4-9H,3,10-14H2,1-2H3,(H,21,25). The molecule has 3 rings (SSSR count). The molecule has 27 heavy (non-hydrogen) atoms. The molecule has 2 heterocycles. The molecule has 0 unspecified atom stereocenters. The van der Waals surface area contributed by atoms with Gasteiger partial charge in [0.1, 0.15) is 0 Å². The van der Waals surface area contributed by atoms with Gasteiger partial charge in [-0.3, -0.25) is 9.69 Å². The van der Waals surface area contributed by atoms with E-state index in [-0.39, 0.29) is 5.91 Å². The van der Waals surface area contributed by atoms with E-state index in [9.17, 15) is 9.59 Å². The number of carbonyl (C=O) groups excluding carboxylic acids is 2. The normalized spacial score (nSPS) is 14.8. The second-order valence-electron chi connectivity index (χ2n) is 6.39. The van der Waals surface area contributed by atoms with E-state index in [0.29, 0.717) is 17.8 Å². The maximum absolute atomic E-state index is 12.3. The number of nitrogens with zero attached hydrogens (tertiary/aromatic N) is 4. The highest BCUT2D eigenvalue weighted by Crippen LogP contribution is 2.15. The summed E-state index contributed by atoms with van der Waals surface area (Å²) in [5, 5.41) is 2.87. The van der Waals surface area contributed by atoms with Crippen molar-refractivity contribution in [1.29, 1.82) is 0 Å². The van der Waals surface area contributed by atoms with Crippen LogP contribution in [0.3, 0.4) is 0 Å². The lowest BCUT2D eigenvalue weighted by molar-refractivity contribution is -0.117. The highest BCUT2D eigenvalue weighted by atomic mass is 16.5. The second-order valence-corrected chi connectivity index (χ2v) is 6.39. The van der Waals surface area contributed by atoms with Crippen LogP contribution in [-0.4, -0.2) is 66.2 Å². The summed E-state index contributed by atoms with van der Waals surface area (Å²) in [6.45, 7) is 6.65. The first kappa shape index (κ1) is 18.9. The number of rotatable bonds is 6. The highest BCUT2D eigenvalue weighted by Gasteiger charge is 2.21. The van der Waals surface area contributed by atoms with Gasteiger partial charge < -0.3 is 19.5 Å². The van der Waals surface area contributed by atoms with Crippen LogP contribution in [0, 0.1) is 0 Å². The molecule has 0 saturated carbocycles. The smallest absolute Gasteiger partial charge is 0.337 e. The first-order valence-corrected chi connectivity index (χ1v) is 9.07. The van der Waals surface area contributed by atoms with Crippen LogP contribution >= 0.6 is 0 Å². The first-order valence-electron chi connectivity index (χ1n) is 9.07. The van der Waals surface area contributed by atoms with Crippen LogP contribution in [0.4, 0.5) is 11.6 Å². The maximum Gasteiger partial charge on any atom is 0.337 e. The lowest BCUT2D eigenvalue weighted by Gasteiger charge is -2.35. The zero-order chi connectivity index (χ0) is 19.2. The van der Waals surface area contributed by atoms with E-state index in [1.807, 2.05) is 12.4 Å². The highest BCUT2D eigenvalue weighted by molar-refractivity contribution is 5.94. The number of piperazine rings is 1. The van der Waals surface area contributed by atoms with Gasteiger partial charge >= 0.3 is 5.97 Å². The van der Waals surface area contributed by atoms with Crippen molar-refractivity contribution in [2.45, 2.75) is 13.5 Å². The second kappa shape index (κ2) is 8.68. The first-order chi connectivity index (χ1) is 13.1. The van der Waals surface area contributed by atoms with E-state index in [1.165, 1.54) is 7.11 Å². The minimum absolute atomic E-state index is 0.0654. The van der Waals surface area contributed by atoms with Gasteiger partial charge in [0.2, 0.25) is 11.9 Å². The average Bonchev–Trinajstić information content (AvgIpc) is 3.17. The SMILES string of the molecule is CCn1ccnc1N1CCN(CC(=O)Nc2ccc(C(=O)OC)cc2)CC1. The molecule has 1 aliphatic rings. The molecule has 2 aromatic rings. The fourth-order valence-electron chi connectivity index (χ4n) is 3.15. The molecular formula is C19H25N5O3. The summed E-state index contributed by atoms with van der Waals surface area (Å²) in [5.74, 6) is 0.533. The Balaban J connectivity index is 1.47. The van der Waals surface area contributed by atoms with Crippen molar-refractivity contribution in [3.63, 3.8) is 0 Å². The number of hydrogen-bond donors (Lipinski definition) is 1. The molecule has 1 amide bonds. The molecule has 8 heteroatoms. The Kier molecular flexibility index (Phi) is 6.08. The lowest BCUT2D eigenvalue weighted by Crippen LogP contribution is -2.49. The summed E-state index contributed by atoms with van der Waals surface area (Å²) in [7, 11) is 1.34. The van der Waals surface area contributed by atoms with Crippen molar-refractivity contribution >= 4 is 23.5 Å². The fourth-order valence-corrected chi connectivity index (χ4v) is 3.15. The Morgan fingerprint density at radius 2 is 1.85 bits per heavy atom. The van der Waals surface area contributed by atoms with E-state index in [2.05, 4.69) is 36.3 Å². The summed E-state index contributed by atoms with van der Waals surface area (Å²) < 4.78 is 6.79. The molecule has 8 nitrogen and oxygen atoms in total. The molecule has 1 saturated heterocycles. The molecule has 0 spiro atoms. The summed E-state index contributed by atoms with van der Waals surface area (Å²) in [6, 6.07) is 6.67. The molecule has 1 N–H and O–H groups in total. The van der Waals surface area contributed by atoms with Crippen LogP contribution < -0.4 is 10.2 Å². The molecular weight excluding hydrogens is 346 g/mol. The average molecular weight is 371 g/mol. The lowest BCUT2D eigenvalue weighted by atomic mass is 10.2. The number of nitrogens with one attached hydrogen (secondary N) is 1. The Morgan fingerprint density at radius 3 is 2.48 bits per heavy atom. The summed E-state index contributed by atoms with van der Waals surface area (Å²) in [4.78, 5) is 32.5. The predicted molar refractivity (Wildman–Crippen MR) is 103 cm³/mol. The molecule has 1 aromatic carbocycles. The third-order valence-corrected chi connectivity index (χ3v) is 4.65. The number of carbonyl (C=O) groups is 2. The molecule has 0 radical (unpaired) electrons. The summed E-state index contributed by atoms with van der Waals surface area (Å²) in [6.07, 6.45) is 3.81. The molecule has 1 aromatic heterocycles. The number of amides is 1. The topological polar surface area (TPSA) is 79.7 Å². The number of hydrogen-bond acceptors (Lipinski definition) is 6. The van der Waals surface area contributed by atoms with Crippen molar-refractivity contribution in [2.75, 3.05) is 50.1 Å². The van der Waals surface area contributed by atoms with Gasteiger partial charge in [-0.2, -0.15) is 0 Å². The summed E-state index contributed by atoms with van der Waals surface area (Å²) >= 11 is 0. The van der Waals surface area contributed by atoms with Gasteiger partial charge in [0.15, 0.2) is 0 Å². The van der Waals surface area contributed by atoms with Crippen LogP contribution in [0.5, 0.6) is 0 Å². The minimum atomic E-state index is -0.394. The Morgan fingerprint density at radius 1 is 1.15 bits per heavy atom. The molecule has 0 bridgehead atoms. The molecule has 0 atom stereocenters. The van der Waals surface area contributed by atoms with Crippen LogP contribution in [0.15, 0.2) is 36.7 Å². The monoisotopic (exact) mass is 371 g/mol. The van der Waals surface area contributed by atoms with Crippen LogP contribution in [0.25, 0.3) is 0 Å². The number of ether oxygens (including phenoxy) is 1. The number of aryl methyl sites for hydroxylation is 1. The number of anilines is 2. The van der Waals surface area contributed by atoms with E-state index in [1.54, 1.807) is 24.3 Å². The van der Waals surface area contributed by atoms with E-state index >= 15 is 0 Å². The summed E-state index contributed by atoms with van der Waals surface area (Å²) in [5.41, 5.74) is 1.12. The Labute approximate surface area is 158 Å². The zero-order valence-corrected chi connectivity index (χ0v) is 15.7. The largest absolute Gasteiger partial charge is 0.465 e. The van der Waals surface area contributed by atoms with Crippen molar-refractivity contribution in [3.8, 4) is 0 Å². The molecule has 1 fully saturated rings.